The third-order valence-electron chi connectivity index (χ3n) is 5.68. The zero-order chi connectivity index (χ0) is 24.9. The maximum atomic E-state index is 12.6. The molecule has 0 aromatic heterocycles. The fourth-order valence-corrected chi connectivity index (χ4v) is 3.72. The van der Waals surface area contributed by atoms with Crippen molar-refractivity contribution in [1.29, 1.82) is 0 Å². The lowest BCUT2D eigenvalue weighted by molar-refractivity contribution is -0.129. The van der Waals surface area contributed by atoms with Crippen LogP contribution in [0.2, 0.25) is 0 Å². The molecule has 0 spiro atoms. The summed E-state index contributed by atoms with van der Waals surface area (Å²) in [7, 11) is 1.60. The van der Waals surface area contributed by atoms with Gasteiger partial charge in [0.05, 0.1) is 29.5 Å². The van der Waals surface area contributed by atoms with Crippen molar-refractivity contribution in [2.45, 2.75) is 19.4 Å². The molecule has 1 heterocycles. The SMILES string of the molecule is COc1ccc(CCNC(=O)C(C)OC(=O)c2ccc(N3C(=O)c4ccccc4C3=O)cc2)cc1. The fourth-order valence-electron chi connectivity index (χ4n) is 3.72. The largest absolute Gasteiger partial charge is 0.497 e. The van der Waals surface area contributed by atoms with Crippen LogP contribution in [-0.4, -0.2) is 43.4 Å². The average Bonchev–Trinajstić information content (AvgIpc) is 3.14. The molecule has 8 nitrogen and oxygen atoms in total. The highest BCUT2D eigenvalue weighted by Crippen LogP contribution is 2.28. The van der Waals surface area contributed by atoms with Crippen LogP contribution < -0.4 is 15.0 Å². The zero-order valence-electron chi connectivity index (χ0n) is 19.3. The van der Waals surface area contributed by atoms with Crippen LogP contribution in [-0.2, 0) is 16.0 Å². The molecule has 0 radical (unpaired) electrons. The Hall–Kier alpha value is -4.46. The minimum Gasteiger partial charge on any atom is -0.497 e. The number of nitrogens with zero attached hydrogens (tertiary/aromatic N) is 1. The summed E-state index contributed by atoms with van der Waals surface area (Å²) in [5, 5.41) is 2.75. The van der Waals surface area contributed by atoms with Gasteiger partial charge in [0.15, 0.2) is 6.10 Å². The molecule has 1 N–H and O–H groups in total. The van der Waals surface area contributed by atoms with Gasteiger partial charge in [-0.15, -0.1) is 0 Å². The van der Waals surface area contributed by atoms with Crippen LogP contribution >= 0.6 is 0 Å². The highest BCUT2D eigenvalue weighted by atomic mass is 16.5. The van der Waals surface area contributed by atoms with Crippen molar-refractivity contribution >= 4 is 29.4 Å². The van der Waals surface area contributed by atoms with Gasteiger partial charge in [-0.25, -0.2) is 9.69 Å². The minimum atomic E-state index is -0.991. The Labute approximate surface area is 202 Å². The molecule has 3 aromatic rings. The number of imide groups is 1. The summed E-state index contributed by atoms with van der Waals surface area (Å²) in [6.45, 7) is 1.88. The van der Waals surface area contributed by atoms with E-state index in [1.165, 1.54) is 31.2 Å². The number of methoxy groups -OCH3 is 1. The molecule has 0 saturated heterocycles. The van der Waals surface area contributed by atoms with E-state index < -0.39 is 29.8 Å². The van der Waals surface area contributed by atoms with E-state index in [0.717, 1.165) is 16.2 Å². The summed E-state index contributed by atoms with van der Waals surface area (Å²) >= 11 is 0. The summed E-state index contributed by atoms with van der Waals surface area (Å²) in [5.74, 6) is -1.16. The Kier molecular flexibility index (Phi) is 6.91. The standard InChI is InChI=1S/C27H24N2O6/c1-17(24(30)28-16-15-18-7-13-21(34-2)14-8-18)35-27(33)19-9-11-20(12-10-19)29-25(31)22-5-3-4-6-23(22)26(29)32/h3-14,17H,15-16H2,1-2H3,(H,28,30). The molecule has 3 aromatic carbocycles. The lowest BCUT2D eigenvalue weighted by atomic mass is 10.1. The van der Waals surface area contributed by atoms with Crippen molar-refractivity contribution in [1.82, 2.24) is 5.32 Å². The van der Waals surface area contributed by atoms with Crippen molar-refractivity contribution in [2.75, 3.05) is 18.6 Å². The van der Waals surface area contributed by atoms with Gasteiger partial charge in [0.2, 0.25) is 0 Å². The highest BCUT2D eigenvalue weighted by Gasteiger charge is 2.36. The first-order valence-electron chi connectivity index (χ1n) is 11.1. The molecule has 3 amide bonds. The number of amides is 3. The van der Waals surface area contributed by atoms with Crippen LogP contribution in [0.5, 0.6) is 5.75 Å². The van der Waals surface area contributed by atoms with Gasteiger partial charge in [0, 0.05) is 6.54 Å². The van der Waals surface area contributed by atoms with Crippen LogP contribution in [0.1, 0.15) is 43.6 Å². The normalized spacial score (nSPS) is 13.3. The van der Waals surface area contributed by atoms with Crippen molar-refractivity contribution in [3.05, 3.63) is 95.1 Å². The second kappa shape index (κ2) is 10.2. The van der Waals surface area contributed by atoms with E-state index in [0.29, 0.717) is 29.8 Å². The minimum absolute atomic E-state index is 0.197. The maximum absolute atomic E-state index is 12.6. The molecule has 0 fully saturated rings. The van der Waals surface area contributed by atoms with Crippen LogP contribution in [0, 0.1) is 0 Å². The lowest BCUT2D eigenvalue weighted by Gasteiger charge is -2.15. The van der Waals surface area contributed by atoms with Crippen molar-refractivity contribution < 1.29 is 28.7 Å². The van der Waals surface area contributed by atoms with E-state index in [2.05, 4.69) is 5.32 Å². The van der Waals surface area contributed by atoms with Crippen molar-refractivity contribution in [2.24, 2.45) is 0 Å². The van der Waals surface area contributed by atoms with E-state index in [1.54, 1.807) is 31.4 Å². The fraction of sp³-hybridized carbons (Fsp3) is 0.185. The van der Waals surface area contributed by atoms with Crippen LogP contribution in [0.15, 0.2) is 72.8 Å². The summed E-state index contributed by atoms with van der Waals surface area (Å²) in [5.41, 5.74) is 2.26. The van der Waals surface area contributed by atoms with Gasteiger partial charge in [0.1, 0.15) is 5.75 Å². The number of carbonyl (C=O) groups is 4. The Balaban J connectivity index is 1.30. The second-order valence-corrected chi connectivity index (χ2v) is 7.97. The maximum Gasteiger partial charge on any atom is 0.338 e. The van der Waals surface area contributed by atoms with Gasteiger partial charge in [-0.3, -0.25) is 14.4 Å². The Morgan fingerprint density at radius 2 is 1.49 bits per heavy atom. The number of benzene rings is 3. The predicted molar refractivity (Wildman–Crippen MR) is 129 cm³/mol. The van der Waals surface area contributed by atoms with Crippen molar-refractivity contribution in [3.8, 4) is 5.75 Å². The predicted octanol–water partition coefficient (Wildman–Crippen LogP) is 3.40. The molecule has 8 heteroatoms. The number of nitrogens with one attached hydrogen (secondary N) is 1. The molecule has 35 heavy (non-hydrogen) atoms. The quantitative estimate of drug-likeness (QED) is 0.398. The van der Waals surface area contributed by atoms with Crippen LogP contribution in [0.4, 0.5) is 5.69 Å². The lowest BCUT2D eigenvalue weighted by Crippen LogP contribution is -2.36. The first-order valence-corrected chi connectivity index (χ1v) is 11.1. The van der Waals surface area contributed by atoms with E-state index in [-0.39, 0.29) is 5.56 Å². The number of carbonyl (C=O) groups excluding carboxylic acids is 4. The number of hydrogen-bond acceptors (Lipinski definition) is 6. The number of hydrogen-bond donors (Lipinski definition) is 1. The molecule has 1 aliphatic rings. The molecule has 1 unspecified atom stereocenters. The number of esters is 1. The molecular weight excluding hydrogens is 448 g/mol. The summed E-state index contributed by atoms with van der Waals surface area (Å²) in [6.07, 6.45) is -0.371. The molecule has 1 atom stereocenters. The Morgan fingerprint density at radius 3 is 2.06 bits per heavy atom. The van der Waals surface area contributed by atoms with Gasteiger partial charge in [-0.05, 0) is 67.4 Å². The Bertz CT molecular complexity index is 1230. The smallest absolute Gasteiger partial charge is 0.338 e. The monoisotopic (exact) mass is 472 g/mol. The molecule has 0 aliphatic carbocycles. The van der Waals surface area contributed by atoms with E-state index in [4.69, 9.17) is 9.47 Å². The third-order valence-corrected chi connectivity index (χ3v) is 5.68. The van der Waals surface area contributed by atoms with E-state index >= 15 is 0 Å². The van der Waals surface area contributed by atoms with Gasteiger partial charge in [-0.1, -0.05) is 24.3 Å². The molecule has 0 bridgehead atoms. The van der Waals surface area contributed by atoms with Gasteiger partial charge >= 0.3 is 5.97 Å². The van der Waals surface area contributed by atoms with E-state index in [1.807, 2.05) is 24.3 Å². The molecular formula is C27H24N2O6. The van der Waals surface area contributed by atoms with Gasteiger partial charge < -0.3 is 14.8 Å². The summed E-state index contributed by atoms with van der Waals surface area (Å²) in [6, 6.07) is 20.0. The van der Waals surface area contributed by atoms with Gasteiger partial charge in [-0.2, -0.15) is 0 Å². The first-order chi connectivity index (χ1) is 16.9. The number of anilines is 1. The number of rotatable bonds is 8. The van der Waals surface area contributed by atoms with Crippen LogP contribution in [0.25, 0.3) is 0 Å². The molecule has 1 aliphatic heterocycles. The second-order valence-electron chi connectivity index (χ2n) is 7.97. The number of ether oxygens (including phenoxy) is 2. The number of fused-ring (bicyclic) bond motifs is 1. The Morgan fingerprint density at radius 1 is 0.886 bits per heavy atom. The average molecular weight is 472 g/mol. The van der Waals surface area contributed by atoms with Crippen LogP contribution in [0.3, 0.4) is 0 Å². The molecule has 178 valence electrons. The molecule has 0 saturated carbocycles. The summed E-state index contributed by atoms with van der Waals surface area (Å²) in [4.78, 5) is 51.1. The highest BCUT2D eigenvalue weighted by molar-refractivity contribution is 6.34. The van der Waals surface area contributed by atoms with Crippen molar-refractivity contribution in [3.63, 3.8) is 0 Å². The van der Waals surface area contributed by atoms with Gasteiger partial charge in [0.25, 0.3) is 17.7 Å². The third kappa shape index (κ3) is 5.06. The zero-order valence-corrected chi connectivity index (χ0v) is 19.3. The topological polar surface area (TPSA) is 102 Å². The van der Waals surface area contributed by atoms with E-state index in [9.17, 15) is 19.2 Å². The first kappa shape index (κ1) is 23.7. The molecule has 4 rings (SSSR count). The summed E-state index contributed by atoms with van der Waals surface area (Å²) < 4.78 is 10.4.